The van der Waals surface area contributed by atoms with Gasteiger partial charge >= 0.3 is 0 Å². The molecule has 2 atom stereocenters. The largest absolute Gasteiger partial charge is 0.376 e. The van der Waals surface area contributed by atoms with Crippen molar-refractivity contribution < 1.29 is 9.53 Å². The summed E-state index contributed by atoms with van der Waals surface area (Å²) in [6.45, 7) is 8.25. The summed E-state index contributed by atoms with van der Waals surface area (Å²) in [4.78, 5) is 21.3. The molecule has 2 aromatic rings. The molecule has 2 unspecified atom stereocenters. The molecule has 154 valence electrons. The fourth-order valence-electron chi connectivity index (χ4n) is 4.16. The first kappa shape index (κ1) is 19.9. The lowest BCUT2D eigenvalue weighted by molar-refractivity contribution is -0.0306. The topological polar surface area (TPSA) is 57.7 Å². The third kappa shape index (κ3) is 4.43. The molecule has 1 N–H and O–H groups in total. The zero-order chi connectivity index (χ0) is 20.2. The molecule has 1 fully saturated rings. The quantitative estimate of drug-likeness (QED) is 0.777. The van der Waals surface area contributed by atoms with E-state index in [1.807, 2.05) is 29.3 Å². The Balaban J connectivity index is 1.55. The normalized spacial score (nSPS) is 20.6. The average Bonchev–Trinajstić information content (AvgIpc) is 3.06. The highest BCUT2D eigenvalue weighted by molar-refractivity contribution is 5.98. The minimum absolute atomic E-state index is 0.0152. The highest BCUT2D eigenvalue weighted by atomic mass is 16.5. The lowest BCUT2D eigenvalue weighted by Crippen LogP contribution is -2.45. The molecule has 29 heavy (non-hydrogen) atoms. The summed E-state index contributed by atoms with van der Waals surface area (Å²) in [5, 5.41) is 3.69. The summed E-state index contributed by atoms with van der Waals surface area (Å²) in [7, 11) is 0. The number of amides is 1. The van der Waals surface area contributed by atoms with E-state index in [1.165, 1.54) is 0 Å². The smallest absolute Gasteiger partial charge is 0.254 e. The van der Waals surface area contributed by atoms with Gasteiger partial charge in [0.05, 0.1) is 12.7 Å². The van der Waals surface area contributed by atoms with Crippen molar-refractivity contribution in [1.29, 1.82) is 0 Å². The van der Waals surface area contributed by atoms with Gasteiger partial charge in [-0.05, 0) is 43.2 Å². The van der Waals surface area contributed by atoms with Crippen LogP contribution in [0.5, 0.6) is 0 Å². The van der Waals surface area contributed by atoms with Crippen LogP contribution in [0.4, 0.5) is 5.69 Å². The van der Waals surface area contributed by atoms with Gasteiger partial charge < -0.3 is 15.0 Å². The fourth-order valence-corrected chi connectivity index (χ4v) is 4.16. The minimum Gasteiger partial charge on any atom is -0.376 e. The number of unbranched alkanes of at least 4 members (excludes halogenated alkanes) is 1. The lowest BCUT2D eigenvalue weighted by Gasteiger charge is -2.38. The number of aromatic nitrogens is 1. The molecule has 2 aliphatic heterocycles. The predicted molar refractivity (Wildman–Crippen MR) is 114 cm³/mol. The van der Waals surface area contributed by atoms with Gasteiger partial charge in [0.25, 0.3) is 5.91 Å². The van der Waals surface area contributed by atoms with E-state index in [0.29, 0.717) is 6.54 Å². The number of anilines is 1. The molecule has 0 saturated carbocycles. The third-order valence-corrected chi connectivity index (χ3v) is 5.71. The second-order valence-electron chi connectivity index (χ2n) is 7.96. The zero-order valence-electron chi connectivity index (χ0n) is 17.3. The van der Waals surface area contributed by atoms with Crippen molar-refractivity contribution in [3.05, 3.63) is 59.4 Å². The van der Waals surface area contributed by atoms with E-state index in [4.69, 9.17) is 4.74 Å². The van der Waals surface area contributed by atoms with Crippen LogP contribution in [0.25, 0.3) is 0 Å². The first-order valence-corrected chi connectivity index (χ1v) is 10.6. The lowest BCUT2D eigenvalue weighted by atomic mass is 10.1. The molecular formula is C23H30N4O2. The molecule has 0 bridgehead atoms. The number of benzene rings is 1. The van der Waals surface area contributed by atoms with Crippen molar-refractivity contribution >= 4 is 11.6 Å². The molecule has 6 heteroatoms. The average molecular weight is 395 g/mol. The molecule has 1 amide bonds. The zero-order valence-corrected chi connectivity index (χ0v) is 17.3. The van der Waals surface area contributed by atoms with E-state index in [9.17, 15) is 4.79 Å². The maximum absolute atomic E-state index is 12.6. The Morgan fingerprint density at radius 2 is 2.24 bits per heavy atom. The molecule has 2 aliphatic rings. The number of rotatable bonds is 7. The van der Waals surface area contributed by atoms with Crippen LogP contribution in [0, 0.1) is 0 Å². The molecule has 3 heterocycles. The van der Waals surface area contributed by atoms with Crippen molar-refractivity contribution in [3.63, 3.8) is 0 Å². The van der Waals surface area contributed by atoms with Crippen LogP contribution < -0.4 is 5.32 Å². The van der Waals surface area contributed by atoms with Crippen LogP contribution >= 0.6 is 0 Å². The van der Waals surface area contributed by atoms with Crippen LogP contribution in [-0.2, 0) is 11.3 Å². The summed E-state index contributed by atoms with van der Waals surface area (Å²) in [6, 6.07) is 10.2. The van der Waals surface area contributed by atoms with Gasteiger partial charge in [0.1, 0.15) is 6.17 Å². The van der Waals surface area contributed by atoms with Gasteiger partial charge in [-0.15, -0.1) is 0 Å². The van der Waals surface area contributed by atoms with E-state index < -0.39 is 0 Å². The summed E-state index contributed by atoms with van der Waals surface area (Å²) in [6.07, 6.45) is 6.08. The molecule has 1 aromatic heterocycles. The summed E-state index contributed by atoms with van der Waals surface area (Å²) in [5.74, 6) is 0.158. The van der Waals surface area contributed by atoms with Gasteiger partial charge in [0.2, 0.25) is 0 Å². The van der Waals surface area contributed by atoms with Crippen LogP contribution in [0.15, 0.2) is 42.7 Å². The Bertz CT molecular complexity index is 842. The summed E-state index contributed by atoms with van der Waals surface area (Å²) < 4.78 is 5.73. The second-order valence-corrected chi connectivity index (χ2v) is 7.96. The van der Waals surface area contributed by atoms with E-state index >= 15 is 0 Å². The van der Waals surface area contributed by atoms with Crippen molar-refractivity contribution in [2.75, 3.05) is 31.6 Å². The Hall–Kier alpha value is -2.44. The number of morpholine rings is 1. The number of nitrogens with zero attached hydrogens (tertiary/aromatic N) is 3. The van der Waals surface area contributed by atoms with Crippen molar-refractivity contribution in [2.24, 2.45) is 0 Å². The molecule has 1 saturated heterocycles. The first-order valence-electron chi connectivity index (χ1n) is 10.6. The molecular weight excluding hydrogens is 364 g/mol. The Morgan fingerprint density at radius 3 is 3.00 bits per heavy atom. The maximum atomic E-state index is 12.6. The van der Waals surface area contributed by atoms with E-state index in [1.54, 1.807) is 6.20 Å². The van der Waals surface area contributed by atoms with Gasteiger partial charge in [-0.1, -0.05) is 19.4 Å². The van der Waals surface area contributed by atoms with Gasteiger partial charge in [-0.25, -0.2) is 0 Å². The standard InChI is InChI=1S/C23H30N4O2/c1-3-4-10-27-16-19-13-20(7-8-21(19)23(27)28)25-22(18-6-5-9-24-14-18)26-11-12-29-17(2)15-26/h5-9,13-14,17,22,25H,3-4,10-12,15-16H2,1-2H3. The van der Waals surface area contributed by atoms with E-state index in [0.717, 1.165) is 61.5 Å². The van der Waals surface area contributed by atoms with Crippen LogP contribution in [0.1, 0.15) is 54.3 Å². The summed E-state index contributed by atoms with van der Waals surface area (Å²) in [5.41, 5.74) is 4.10. The van der Waals surface area contributed by atoms with E-state index in [2.05, 4.69) is 41.2 Å². The maximum Gasteiger partial charge on any atom is 0.254 e. The van der Waals surface area contributed by atoms with Crippen molar-refractivity contribution in [2.45, 2.75) is 45.5 Å². The number of nitrogens with one attached hydrogen (secondary N) is 1. The minimum atomic E-state index is 0.0152. The molecule has 0 spiro atoms. The molecule has 6 nitrogen and oxygen atoms in total. The number of hydrogen-bond acceptors (Lipinski definition) is 5. The van der Waals surface area contributed by atoms with Crippen molar-refractivity contribution in [3.8, 4) is 0 Å². The Kier molecular flexibility index (Phi) is 6.11. The number of fused-ring (bicyclic) bond motifs is 1. The van der Waals surface area contributed by atoms with Gasteiger partial charge in [-0.2, -0.15) is 0 Å². The van der Waals surface area contributed by atoms with Crippen LogP contribution in [0.3, 0.4) is 0 Å². The SMILES string of the molecule is CCCCN1Cc2cc(NC(c3cccnc3)N3CCOC(C)C3)ccc2C1=O. The summed E-state index contributed by atoms with van der Waals surface area (Å²) >= 11 is 0. The molecule has 1 aromatic carbocycles. The number of carbonyl (C=O) groups is 1. The highest BCUT2D eigenvalue weighted by Crippen LogP contribution is 2.29. The Labute approximate surface area is 172 Å². The monoisotopic (exact) mass is 394 g/mol. The fraction of sp³-hybridized carbons (Fsp3) is 0.478. The Morgan fingerprint density at radius 1 is 1.34 bits per heavy atom. The third-order valence-electron chi connectivity index (χ3n) is 5.71. The molecule has 0 aliphatic carbocycles. The number of hydrogen-bond donors (Lipinski definition) is 1. The number of ether oxygens (including phenoxy) is 1. The van der Waals surface area contributed by atoms with Gasteiger partial charge in [-0.3, -0.25) is 14.7 Å². The molecule has 4 rings (SSSR count). The highest BCUT2D eigenvalue weighted by Gasteiger charge is 2.29. The molecule has 0 radical (unpaired) electrons. The number of carbonyl (C=O) groups excluding carboxylic acids is 1. The van der Waals surface area contributed by atoms with Gasteiger partial charge in [0, 0.05) is 55.4 Å². The van der Waals surface area contributed by atoms with E-state index in [-0.39, 0.29) is 18.2 Å². The second kappa shape index (κ2) is 8.93. The predicted octanol–water partition coefficient (Wildman–Crippen LogP) is 3.67. The van der Waals surface area contributed by atoms with Crippen molar-refractivity contribution in [1.82, 2.24) is 14.8 Å². The first-order chi connectivity index (χ1) is 14.2. The number of pyridine rings is 1. The van der Waals surface area contributed by atoms with Crippen LogP contribution in [-0.4, -0.2) is 53.0 Å². The van der Waals surface area contributed by atoms with Crippen LogP contribution in [0.2, 0.25) is 0 Å². The van der Waals surface area contributed by atoms with Gasteiger partial charge in [0.15, 0.2) is 0 Å².